The lowest BCUT2D eigenvalue weighted by Gasteiger charge is -2.31. The molecule has 0 amide bonds. The Balaban J connectivity index is 1.23. The van der Waals surface area contributed by atoms with Gasteiger partial charge in [-0.05, 0) is 16.7 Å². The maximum absolute atomic E-state index is 15.5. The molecular weight excluding hydrogens is 522 g/mol. The molecule has 1 fully saturated rings. The first-order valence-electron chi connectivity index (χ1n) is 12.6. The van der Waals surface area contributed by atoms with E-state index < -0.39 is 29.9 Å². The lowest BCUT2D eigenvalue weighted by Crippen LogP contribution is -2.45. The number of nitrogens with one attached hydrogen (secondary N) is 1. The van der Waals surface area contributed by atoms with Gasteiger partial charge >= 0.3 is 0 Å². The predicted molar refractivity (Wildman–Crippen MR) is 141 cm³/mol. The van der Waals surface area contributed by atoms with Gasteiger partial charge in [0.2, 0.25) is 5.88 Å². The molecule has 0 bridgehead atoms. The Morgan fingerprint density at radius 2 is 1.62 bits per heavy atom. The quantitative estimate of drug-likeness (QED) is 0.249. The second-order valence-corrected chi connectivity index (χ2v) is 9.48. The van der Waals surface area contributed by atoms with Crippen LogP contribution in [0.15, 0.2) is 66.9 Å². The standard InChI is InChI=1S/C29H24F2N4O5/c30-20-12-21-27(35-29(33-21)40-19-11-22(37)23(13-36)39-14-19)26(31)25(20)17-5-1-15(2-6-17)16-3-7-18(8-4-16)28-32-10-9-24(38)34-28/h1-10,12,19,22-23,36-37H,11,13-14H2,(H,33,35)(H,32,34,38)/t19-,22+,23-/m1/s1. The number of fused-ring (bicyclic) bond motifs is 1. The summed E-state index contributed by atoms with van der Waals surface area (Å²) in [6, 6.07) is 16.7. The number of benzene rings is 3. The summed E-state index contributed by atoms with van der Waals surface area (Å²) in [6.45, 7) is -0.199. The zero-order chi connectivity index (χ0) is 27.8. The fourth-order valence-electron chi connectivity index (χ4n) is 4.75. The Hall–Kier alpha value is -4.45. The third-order valence-corrected chi connectivity index (χ3v) is 6.83. The Bertz CT molecular complexity index is 1660. The van der Waals surface area contributed by atoms with E-state index in [4.69, 9.17) is 9.47 Å². The van der Waals surface area contributed by atoms with E-state index in [1.807, 2.05) is 24.3 Å². The first kappa shape index (κ1) is 25.8. The van der Waals surface area contributed by atoms with Crippen molar-refractivity contribution in [3.05, 3.63) is 78.5 Å². The second kappa shape index (κ2) is 10.6. The first-order valence-corrected chi connectivity index (χ1v) is 12.6. The zero-order valence-corrected chi connectivity index (χ0v) is 21.0. The molecule has 9 nitrogen and oxygen atoms in total. The van der Waals surface area contributed by atoms with Gasteiger partial charge in [0, 0.05) is 30.3 Å². The normalized spacial score (nSPS) is 19.1. The molecule has 1 saturated heterocycles. The van der Waals surface area contributed by atoms with Gasteiger partial charge in [-0.1, -0.05) is 48.5 Å². The van der Waals surface area contributed by atoms with E-state index in [9.17, 15) is 15.3 Å². The number of aliphatic hydroxyl groups excluding tert-OH is 2. The highest BCUT2D eigenvalue weighted by Crippen LogP contribution is 2.34. The lowest BCUT2D eigenvalue weighted by molar-refractivity contribution is -0.131. The van der Waals surface area contributed by atoms with E-state index in [2.05, 4.69) is 19.9 Å². The number of aromatic nitrogens is 4. The molecule has 0 saturated carbocycles. The highest BCUT2D eigenvalue weighted by Gasteiger charge is 2.31. The Morgan fingerprint density at radius 1 is 0.950 bits per heavy atom. The molecule has 3 atom stereocenters. The molecule has 204 valence electrons. The molecule has 0 radical (unpaired) electrons. The lowest BCUT2D eigenvalue weighted by atomic mass is 9.98. The van der Waals surface area contributed by atoms with Crippen molar-refractivity contribution in [2.75, 3.05) is 13.2 Å². The average Bonchev–Trinajstić information content (AvgIpc) is 3.36. The summed E-state index contributed by atoms with van der Waals surface area (Å²) in [5, 5.41) is 28.8. The summed E-state index contributed by atoms with van der Waals surface area (Å²) in [5.41, 5.74) is 2.63. The molecule has 5 aromatic rings. The van der Waals surface area contributed by atoms with Gasteiger partial charge in [-0.25, -0.2) is 13.8 Å². The van der Waals surface area contributed by atoms with Crippen LogP contribution in [0.4, 0.5) is 8.78 Å². The van der Waals surface area contributed by atoms with E-state index >= 15 is 8.78 Å². The highest BCUT2D eigenvalue weighted by atomic mass is 19.1. The number of aliphatic hydroxyl groups is 2. The minimum absolute atomic E-state index is 0.0244. The van der Waals surface area contributed by atoms with Gasteiger partial charge in [-0.2, -0.15) is 9.97 Å². The van der Waals surface area contributed by atoms with Gasteiger partial charge in [-0.15, -0.1) is 0 Å². The number of aromatic hydroxyl groups is 1. The summed E-state index contributed by atoms with van der Waals surface area (Å²) in [5.74, 6) is -1.30. The number of hydrogen-bond acceptors (Lipinski definition) is 8. The van der Waals surface area contributed by atoms with Crippen molar-refractivity contribution in [1.82, 2.24) is 19.9 Å². The molecule has 1 aliphatic rings. The number of aromatic amines is 1. The van der Waals surface area contributed by atoms with Crippen LogP contribution in [-0.4, -0.2) is 66.8 Å². The van der Waals surface area contributed by atoms with Crippen molar-refractivity contribution < 1.29 is 33.6 Å². The fourth-order valence-corrected chi connectivity index (χ4v) is 4.75. The molecule has 2 aromatic heterocycles. The van der Waals surface area contributed by atoms with Crippen LogP contribution in [-0.2, 0) is 4.74 Å². The maximum Gasteiger partial charge on any atom is 0.295 e. The Labute approximate surface area is 226 Å². The van der Waals surface area contributed by atoms with Crippen molar-refractivity contribution >= 4 is 11.0 Å². The van der Waals surface area contributed by atoms with Gasteiger partial charge in [0.15, 0.2) is 11.6 Å². The molecule has 6 rings (SSSR count). The summed E-state index contributed by atoms with van der Waals surface area (Å²) in [4.78, 5) is 15.1. The highest BCUT2D eigenvalue weighted by molar-refractivity contribution is 5.84. The number of imidazole rings is 1. The Kier molecular flexibility index (Phi) is 6.84. The molecule has 11 heteroatoms. The minimum atomic E-state index is -0.915. The number of H-pyrrole nitrogens is 1. The van der Waals surface area contributed by atoms with Crippen molar-refractivity contribution in [3.63, 3.8) is 0 Å². The smallest absolute Gasteiger partial charge is 0.295 e. The molecular formula is C29H24F2N4O5. The second-order valence-electron chi connectivity index (χ2n) is 9.48. The van der Waals surface area contributed by atoms with Crippen LogP contribution in [0.5, 0.6) is 11.9 Å². The maximum atomic E-state index is 15.5. The fraction of sp³-hybridized carbons (Fsp3) is 0.207. The van der Waals surface area contributed by atoms with Crippen LogP contribution in [0.1, 0.15) is 6.42 Å². The van der Waals surface area contributed by atoms with Crippen LogP contribution in [0.25, 0.3) is 44.7 Å². The molecule has 1 aliphatic heterocycles. The van der Waals surface area contributed by atoms with Gasteiger partial charge in [0.05, 0.1) is 30.4 Å². The number of halogens is 2. The number of rotatable bonds is 6. The van der Waals surface area contributed by atoms with Crippen molar-refractivity contribution in [3.8, 4) is 45.5 Å². The monoisotopic (exact) mass is 546 g/mol. The predicted octanol–water partition coefficient (Wildman–Crippen LogP) is 4.23. The SMILES string of the molecule is OC[C@H]1OC[C@H](Oc2nc3c(F)c(-c4ccc(-c5ccc(-c6nccc(O)n6)cc5)cc4)c(F)cc3[nH]2)C[C@@H]1O. The van der Waals surface area contributed by atoms with E-state index in [0.29, 0.717) is 11.4 Å². The number of hydrogen-bond donors (Lipinski definition) is 4. The third kappa shape index (κ3) is 4.97. The number of nitrogens with zero attached hydrogens (tertiary/aromatic N) is 3. The van der Waals surface area contributed by atoms with E-state index in [-0.39, 0.29) is 48.1 Å². The van der Waals surface area contributed by atoms with Gasteiger partial charge in [0.25, 0.3) is 6.01 Å². The zero-order valence-electron chi connectivity index (χ0n) is 21.0. The summed E-state index contributed by atoms with van der Waals surface area (Å²) < 4.78 is 41.7. The molecule has 0 unspecified atom stereocenters. The van der Waals surface area contributed by atoms with Crippen molar-refractivity contribution in [2.45, 2.75) is 24.7 Å². The summed E-state index contributed by atoms with van der Waals surface area (Å²) in [6.07, 6.45) is -0.499. The van der Waals surface area contributed by atoms with Gasteiger partial charge in [-0.3, -0.25) is 0 Å². The molecule has 4 N–H and O–H groups in total. The number of ether oxygens (including phenoxy) is 2. The Morgan fingerprint density at radius 3 is 2.27 bits per heavy atom. The van der Waals surface area contributed by atoms with Crippen molar-refractivity contribution in [1.29, 1.82) is 0 Å². The van der Waals surface area contributed by atoms with E-state index in [1.54, 1.807) is 24.3 Å². The molecule has 0 spiro atoms. The third-order valence-electron chi connectivity index (χ3n) is 6.83. The van der Waals surface area contributed by atoms with E-state index in [1.165, 1.54) is 12.3 Å². The summed E-state index contributed by atoms with van der Waals surface area (Å²) >= 11 is 0. The average molecular weight is 547 g/mol. The van der Waals surface area contributed by atoms with Crippen LogP contribution in [0.2, 0.25) is 0 Å². The molecule has 40 heavy (non-hydrogen) atoms. The molecule has 3 aromatic carbocycles. The largest absolute Gasteiger partial charge is 0.493 e. The molecule has 0 aliphatic carbocycles. The summed E-state index contributed by atoms with van der Waals surface area (Å²) in [7, 11) is 0. The van der Waals surface area contributed by atoms with Crippen LogP contribution in [0, 0.1) is 11.6 Å². The van der Waals surface area contributed by atoms with Crippen molar-refractivity contribution in [2.24, 2.45) is 0 Å². The topological polar surface area (TPSA) is 134 Å². The van der Waals surface area contributed by atoms with Gasteiger partial charge < -0.3 is 29.8 Å². The van der Waals surface area contributed by atoms with E-state index in [0.717, 1.165) is 22.8 Å². The molecule has 3 heterocycles. The van der Waals surface area contributed by atoms with Crippen LogP contribution < -0.4 is 4.74 Å². The minimum Gasteiger partial charge on any atom is -0.493 e. The van der Waals surface area contributed by atoms with Crippen LogP contribution >= 0.6 is 0 Å². The van der Waals surface area contributed by atoms with Crippen LogP contribution in [0.3, 0.4) is 0 Å². The van der Waals surface area contributed by atoms with Gasteiger partial charge in [0.1, 0.15) is 23.5 Å². The first-order chi connectivity index (χ1) is 19.4.